The summed E-state index contributed by atoms with van der Waals surface area (Å²) in [6.45, 7) is -0.357. The van der Waals surface area contributed by atoms with Gasteiger partial charge in [-0.1, -0.05) is 0 Å². The van der Waals surface area contributed by atoms with E-state index in [-0.39, 0.29) is 6.54 Å². The number of rotatable bonds is 3. The standard InChI is InChI=1S/C9H9F4NO/c10-5-3-6(8(15)7(11)4-5)9(12,13)1-2-14/h3-4,15H,1-2,14H2. The summed E-state index contributed by atoms with van der Waals surface area (Å²) in [6, 6.07) is 0.728. The summed E-state index contributed by atoms with van der Waals surface area (Å²) in [5, 5.41) is 9.02. The average molecular weight is 223 g/mol. The van der Waals surface area contributed by atoms with E-state index in [4.69, 9.17) is 10.8 Å². The number of hydrogen-bond acceptors (Lipinski definition) is 2. The fraction of sp³-hybridized carbons (Fsp3) is 0.333. The Morgan fingerprint density at radius 3 is 2.40 bits per heavy atom. The van der Waals surface area contributed by atoms with E-state index in [9.17, 15) is 17.6 Å². The molecule has 0 amide bonds. The number of hydrogen-bond donors (Lipinski definition) is 2. The topological polar surface area (TPSA) is 46.2 Å². The Bertz CT molecular complexity index is 367. The Balaban J connectivity index is 3.24. The number of halogens is 4. The van der Waals surface area contributed by atoms with E-state index in [0.717, 1.165) is 0 Å². The van der Waals surface area contributed by atoms with Crippen molar-refractivity contribution in [1.82, 2.24) is 0 Å². The van der Waals surface area contributed by atoms with Gasteiger partial charge in [0.05, 0.1) is 5.56 Å². The summed E-state index contributed by atoms with van der Waals surface area (Å²) in [4.78, 5) is 0. The van der Waals surface area contributed by atoms with E-state index in [1.54, 1.807) is 0 Å². The Morgan fingerprint density at radius 1 is 1.27 bits per heavy atom. The molecule has 2 nitrogen and oxygen atoms in total. The van der Waals surface area contributed by atoms with Gasteiger partial charge in [-0.2, -0.15) is 0 Å². The zero-order chi connectivity index (χ0) is 11.6. The quantitative estimate of drug-likeness (QED) is 0.771. The maximum Gasteiger partial charge on any atom is 0.278 e. The van der Waals surface area contributed by atoms with Gasteiger partial charge in [0.25, 0.3) is 5.92 Å². The molecule has 0 saturated carbocycles. The molecular formula is C9H9F4NO. The van der Waals surface area contributed by atoms with Crippen LogP contribution in [0.4, 0.5) is 17.6 Å². The predicted molar refractivity (Wildman–Crippen MR) is 45.6 cm³/mol. The van der Waals surface area contributed by atoms with Gasteiger partial charge in [0.2, 0.25) is 0 Å². The molecule has 1 rings (SSSR count). The lowest BCUT2D eigenvalue weighted by atomic mass is 10.0. The van der Waals surface area contributed by atoms with Crippen molar-refractivity contribution in [3.05, 3.63) is 29.3 Å². The molecule has 0 unspecified atom stereocenters. The van der Waals surface area contributed by atoms with Crippen LogP contribution in [0.15, 0.2) is 12.1 Å². The Kier molecular flexibility index (Phi) is 3.18. The van der Waals surface area contributed by atoms with Crippen molar-refractivity contribution in [2.75, 3.05) is 6.54 Å². The highest BCUT2D eigenvalue weighted by Crippen LogP contribution is 2.38. The SMILES string of the molecule is NCCC(F)(F)c1cc(F)cc(F)c1O. The third-order valence-corrected chi connectivity index (χ3v) is 1.88. The van der Waals surface area contributed by atoms with Gasteiger partial charge in [0.15, 0.2) is 11.6 Å². The molecule has 6 heteroatoms. The van der Waals surface area contributed by atoms with Gasteiger partial charge in [0.1, 0.15) is 5.82 Å². The van der Waals surface area contributed by atoms with E-state index < -0.39 is 35.3 Å². The number of phenolic OH excluding ortho intramolecular Hbond substituents is 1. The summed E-state index contributed by atoms with van der Waals surface area (Å²) in [5.41, 5.74) is 3.85. The van der Waals surface area contributed by atoms with Crippen LogP contribution in [0.5, 0.6) is 5.75 Å². The highest BCUT2D eigenvalue weighted by atomic mass is 19.3. The van der Waals surface area contributed by atoms with Crippen LogP contribution >= 0.6 is 0 Å². The highest BCUT2D eigenvalue weighted by molar-refractivity contribution is 5.37. The Morgan fingerprint density at radius 2 is 1.87 bits per heavy atom. The molecule has 0 aliphatic rings. The van der Waals surface area contributed by atoms with Gasteiger partial charge in [-0.05, 0) is 12.6 Å². The van der Waals surface area contributed by atoms with Crippen molar-refractivity contribution < 1.29 is 22.7 Å². The lowest BCUT2D eigenvalue weighted by Gasteiger charge is -2.17. The lowest BCUT2D eigenvalue weighted by molar-refractivity contribution is -0.0135. The maximum atomic E-state index is 13.2. The van der Waals surface area contributed by atoms with Crippen LogP contribution in [0.25, 0.3) is 0 Å². The van der Waals surface area contributed by atoms with Crippen molar-refractivity contribution in [2.45, 2.75) is 12.3 Å². The van der Waals surface area contributed by atoms with E-state index in [1.807, 2.05) is 0 Å². The molecule has 0 fully saturated rings. The molecule has 84 valence electrons. The highest BCUT2D eigenvalue weighted by Gasteiger charge is 2.35. The van der Waals surface area contributed by atoms with E-state index >= 15 is 0 Å². The summed E-state index contributed by atoms with van der Waals surface area (Å²) in [7, 11) is 0. The molecule has 15 heavy (non-hydrogen) atoms. The van der Waals surface area contributed by atoms with Gasteiger partial charge >= 0.3 is 0 Å². The number of aromatic hydroxyl groups is 1. The molecule has 0 atom stereocenters. The minimum Gasteiger partial charge on any atom is -0.504 e. The second kappa shape index (κ2) is 4.06. The number of benzene rings is 1. The fourth-order valence-electron chi connectivity index (χ4n) is 1.16. The molecule has 3 N–H and O–H groups in total. The van der Waals surface area contributed by atoms with Gasteiger partial charge in [0, 0.05) is 12.5 Å². The zero-order valence-electron chi connectivity index (χ0n) is 7.61. The average Bonchev–Trinajstić information content (AvgIpc) is 2.11. The van der Waals surface area contributed by atoms with Crippen LogP contribution < -0.4 is 5.73 Å². The van der Waals surface area contributed by atoms with Crippen LogP contribution in [0, 0.1) is 11.6 Å². The first kappa shape index (κ1) is 11.8. The monoisotopic (exact) mass is 223 g/mol. The van der Waals surface area contributed by atoms with Crippen LogP contribution in [0.3, 0.4) is 0 Å². The van der Waals surface area contributed by atoms with E-state index in [1.165, 1.54) is 0 Å². The summed E-state index contributed by atoms with van der Waals surface area (Å²) < 4.78 is 51.8. The first-order chi connectivity index (χ1) is 6.88. The predicted octanol–water partition coefficient (Wildman–Crippen LogP) is 2.11. The van der Waals surface area contributed by atoms with Crippen molar-refractivity contribution in [2.24, 2.45) is 5.73 Å². The molecule has 0 spiro atoms. The summed E-state index contributed by atoms with van der Waals surface area (Å²) in [5.74, 6) is -7.37. The van der Waals surface area contributed by atoms with Crippen LogP contribution in [0.2, 0.25) is 0 Å². The first-order valence-electron chi connectivity index (χ1n) is 4.15. The lowest BCUT2D eigenvalue weighted by Crippen LogP contribution is -2.19. The smallest absolute Gasteiger partial charge is 0.278 e. The third kappa shape index (κ3) is 2.38. The van der Waals surface area contributed by atoms with Crippen LogP contribution in [-0.2, 0) is 5.92 Å². The first-order valence-corrected chi connectivity index (χ1v) is 4.15. The van der Waals surface area contributed by atoms with E-state index in [0.29, 0.717) is 12.1 Å². The van der Waals surface area contributed by atoms with Crippen LogP contribution in [0.1, 0.15) is 12.0 Å². The molecule has 0 radical (unpaired) electrons. The Labute approximate surface area is 83.3 Å². The van der Waals surface area contributed by atoms with Crippen molar-refractivity contribution in [3.8, 4) is 5.75 Å². The largest absolute Gasteiger partial charge is 0.504 e. The van der Waals surface area contributed by atoms with Gasteiger partial charge in [-0.25, -0.2) is 17.6 Å². The summed E-state index contributed by atoms with van der Waals surface area (Å²) >= 11 is 0. The molecular weight excluding hydrogens is 214 g/mol. The Hall–Kier alpha value is -1.30. The number of nitrogens with two attached hydrogens (primary N) is 1. The molecule has 0 heterocycles. The van der Waals surface area contributed by atoms with Crippen LogP contribution in [-0.4, -0.2) is 11.7 Å². The van der Waals surface area contributed by atoms with Gasteiger partial charge in [-0.15, -0.1) is 0 Å². The van der Waals surface area contributed by atoms with Gasteiger partial charge in [-0.3, -0.25) is 0 Å². The molecule has 0 bridgehead atoms. The van der Waals surface area contributed by atoms with Crippen molar-refractivity contribution >= 4 is 0 Å². The van der Waals surface area contributed by atoms with E-state index in [2.05, 4.69) is 0 Å². The minimum atomic E-state index is -3.54. The molecule has 0 aliphatic heterocycles. The number of alkyl halides is 2. The maximum absolute atomic E-state index is 13.2. The van der Waals surface area contributed by atoms with Crippen molar-refractivity contribution in [1.29, 1.82) is 0 Å². The van der Waals surface area contributed by atoms with Gasteiger partial charge < -0.3 is 10.8 Å². The number of phenols is 1. The molecule has 0 aliphatic carbocycles. The second-order valence-electron chi connectivity index (χ2n) is 3.03. The van der Waals surface area contributed by atoms with Crippen molar-refractivity contribution in [3.63, 3.8) is 0 Å². The normalized spacial score (nSPS) is 11.8. The minimum absolute atomic E-state index is 0.331. The summed E-state index contributed by atoms with van der Waals surface area (Å²) in [6.07, 6.45) is -0.788. The molecule has 0 saturated heterocycles. The molecule has 1 aromatic rings. The third-order valence-electron chi connectivity index (χ3n) is 1.88. The fourth-order valence-corrected chi connectivity index (χ4v) is 1.16. The molecule has 1 aromatic carbocycles. The molecule has 0 aromatic heterocycles. The zero-order valence-corrected chi connectivity index (χ0v) is 7.61. The second-order valence-corrected chi connectivity index (χ2v) is 3.03.